The van der Waals surface area contributed by atoms with Crippen molar-refractivity contribution in [2.75, 3.05) is 23.0 Å². The second-order valence-corrected chi connectivity index (χ2v) is 10.1. The van der Waals surface area contributed by atoms with Gasteiger partial charge in [-0.3, -0.25) is 4.79 Å². The van der Waals surface area contributed by atoms with Crippen molar-refractivity contribution < 1.29 is 14.6 Å². The summed E-state index contributed by atoms with van der Waals surface area (Å²) in [7, 11) is 0. The summed E-state index contributed by atoms with van der Waals surface area (Å²) >= 11 is 7.43. The number of halogens is 1. The van der Waals surface area contributed by atoms with Gasteiger partial charge in [-0.15, -0.1) is 11.8 Å². The number of ether oxygens (including phenoxy) is 1. The van der Waals surface area contributed by atoms with Crippen molar-refractivity contribution in [3.05, 3.63) is 53.1 Å². The van der Waals surface area contributed by atoms with Crippen molar-refractivity contribution in [2.24, 2.45) is 11.3 Å². The van der Waals surface area contributed by atoms with Gasteiger partial charge in [-0.05, 0) is 54.3 Å². The third-order valence-electron chi connectivity index (χ3n) is 4.83. The average molecular weight is 435 g/mol. The highest BCUT2D eigenvalue weighted by Gasteiger charge is 2.53. The number of benzene rings is 2. The Hall–Kier alpha value is -2.05. The summed E-state index contributed by atoms with van der Waals surface area (Å²) < 4.78 is 5.81. The fourth-order valence-corrected chi connectivity index (χ4v) is 5.25. The molecule has 2 atom stereocenters. The molecule has 29 heavy (non-hydrogen) atoms. The van der Waals surface area contributed by atoms with Gasteiger partial charge >= 0.3 is 5.97 Å². The van der Waals surface area contributed by atoms with E-state index in [9.17, 15) is 9.90 Å². The Bertz CT molecular complexity index is 883. The van der Waals surface area contributed by atoms with E-state index in [4.69, 9.17) is 16.3 Å². The minimum atomic E-state index is -0.871. The van der Waals surface area contributed by atoms with Gasteiger partial charge in [0.25, 0.3) is 0 Å². The molecule has 1 heterocycles. The maximum atomic E-state index is 12.3. The lowest BCUT2D eigenvalue weighted by molar-refractivity contribution is -0.146. The summed E-state index contributed by atoms with van der Waals surface area (Å²) in [5.74, 6) is -0.174. The zero-order chi connectivity index (χ0) is 21.2. The molecular formula is C22H27ClN2O3S. The molecule has 7 heteroatoms. The lowest BCUT2D eigenvalue weighted by atomic mass is 9.78. The largest absolute Gasteiger partial charge is 0.493 e. The molecule has 2 unspecified atom stereocenters. The monoisotopic (exact) mass is 434 g/mol. The van der Waals surface area contributed by atoms with Crippen LogP contribution in [0.5, 0.6) is 5.75 Å². The van der Waals surface area contributed by atoms with Crippen LogP contribution in [0.4, 0.5) is 11.4 Å². The van der Waals surface area contributed by atoms with Crippen LogP contribution in [-0.4, -0.2) is 28.4 Å². The SMILES string of the molecule is Cc1ccc2c(c1)NC(SCCOc1ccc(Cl)cc1)(C(C(=O)O)C(C)(C)C)N2. The number of carbonyl (C=O) groups is 1. The van der Waals surface area contributed by atoms with Crippen LogP contribution >= 0.6 is 23.4 Å². The first kappa shape index (κ1) is 21.7. The molecule has 3 N–H and O–H groups in total. The summed E-state index contributed by atoms with van der Waals surface area (Å²) in [6.45, 7) is 8.33. The lowest BCUT2D eigenvalue weighted by Gasteiger charge is -2.42. The highest BCUT2D eigenvalue weighted by atomic mass is 35.5. The van der Waals surface area contributed by atoms with Gasteiger partial charge in [-0.2, -0.15) is 0 Å². The Labute approximate surface area is 181 Å². The highest BCUT2D eigenvalue weighted by molar-refractivity contribution is 8.00. The third-order valence-corrected chi connectivity index (χ3v) is 6.35. The van der Waals surface area contributed by atoms with E-state index in [0.717, 1.165) is 22.7 Å². The van der Waals surface area contributed by atoms with Crippen molar-refractivity contribution in [2.45, 2.75) is 32.7 Å². The molecule has 156 valence electrons. The number of hydrogen-bond donors (Lipinski definition) is 3. The zero-order valence-electron chi connectivity index (χ0n) is 17.1. The number of nitrogens with one attached hydrogen (secondary N) is 2. The Kier molecular flexibility index (Phi) is 6.24. The molecule has 0 aliphatic carbocycles. The number of fused-ring (bicyclic) bond motifs is 1. The first-order chi connectivity index (χ1) is 13.6. The van der Waals surface area contributed by atoms with Crippen LogP contribution in [0.15, 0.2) is 42.5 Å². The van der Waals surface area contributed by atoms with E-state index in [2.05, 4.69) is 10.6 Å². The minimum Gasteiger partial charge on any atom is -0.493 e. The molecule has 0 saturated carbocycles. The van der Waals surface area contributed by atoms with Crippen molar-refractivity contribution in [1.82, 2.24) is 0 Å². The smallest absolute Gasteiger partial charge is 0.312 e. The van der Waals surface area contributed by atoms with Gasteiger partial charge < -0.3 is 20.5 Å². The number of rotatable bonds is 7. The predicted octanol–water partition coefficient (Wildman–Crippen LogP) is 5.70. The van der Waals surface area contributed by atoms with E-state index in [1.165, 1.54) is 11.8 Å². The minimum absolute atomic E-state index is 0.448. The molecule has 1 aliphatic rings. The second-order valence-electron chi connectivity index (χ2n) is 8.32. The topological polar surface area (TPSA) is 70.6 Å². The molecule has 0 saturated heterocycles. The summed E-state index contributed by atoms with van der Waals surface area (Å²) in [5.41, 5.74) is 2.49. The molecule has 2 aromatic carbocycles. The van der Waals surface area contributed by atoms with Crippen LogP contribution in [0.1, 0.15) is 26.3 Å². The van der Waals surface area contributed by atoms with Gasteiger partial charge in [0, 0.05) is 10.8 Å². The van der Waals surface area contributed by atoms with Crippen LogP contribution in [-0.2, 0) is 4.79 Å². The molecule has 0 aromatic heterocycles. The van der Waals surface area contributed by atoms with E-state index in [0.29, 0.717) is 17.4 Å². The van der Waals surface area contributed by atoms with Crippen LogP contribution < -0.4 is 15.4 Å². The molecule has 5 nitrogen and oxygen atoms in total. The van der Waals surface area contributed by atoms with Crippen molar-refractivity contribution in [3.63, 3.8) is 0 Å². The van der Waals surface area contributed by atoms with Gasteiger partial charge in [-0.1, -0.05) is 38.4 Å². The van der Waals surface area contributed by atoms with Gasteiger partial charge in [-0.25, -0.2) is 0 Å². The Morgan fingerprint density at radius 3 is 2.45 bits per heavy atom. The van der Waals surface area contributed by atoms with Crippen LogP contribution in [0.2, 0.25) is 5.02 Å². The number of anilines is 2. The number of hydrogen-bond acceptors (Lipinski definition) is 5. The van der Waals surface area contributed by atoms with E-state index >= 15 is 0 Å². The van der Waals surface area contributed by atoms with Gasteiger partial charge in [0.2, 0.25) is 0 Å². The predicted molar refractivity (Wildman–Crippen MR) is 121 cm³/mol. The fraction of sp³-hybridized carbons (Fsp3) is 0.409. The van der Waals surface area contributed by atoms with Crippen molar-refractivity contribution >= 4 is 40.7 Å². The van der Waals surface area contributed by atoms with Gasteiger partial charge in [0.15, 0.2) is 4.99 Å². The van der Waals surface area contributed by atoms with E-state index in [1.807, 2.05) is 58.0 Å². The molecule has 2 aromatic rings. The molecule has 1 aliphatic heterocycles. The molecule has 0 bridgehead atoms. The fourth-order valence-electron chi connectivity index (χ4n) is 3.65. The highest BCUT2D eigenvalue weighted by Crippen LogP contribution is 2.49. The Morgan fingerprint density at radius 1 is 1.17 bits per heavy atom. The standard InChI is InChI=1S/C22H27ClN2O3S/c1-14-5-10-17-18(13-14)25-22(24-17,19(20(26)27)21(2,3)4)29-12-11-28-16-8-6-15(23)7-9-16/h5-10,13,19,24-25H,11-12H2,1-4H3,(H,26,27). The zero-order valence-corrected chi connectivity index (χ0v) is 18.7. The molecule has 0 radical (unpaired) electrons. The second kappa shape index (κ2) is 8.36. The summed E-state index contributed by atoms with van der Waals surface area (Å²) in [4.78, 5) is 11.4. The summed E-state index contributed by atoms with van der Waals surface area (Å²) in [6, 6.07) is 13.3. The summed E-state index contributed by atoms with van der Waals surface area (Å²) in [5, 5.41) is 17.7. The lowest BCUT2D eigenvalue weighted by Crippen LogP contribution is -2.54. The van der Waals surface area contributed by atoms with E-state index < -0.39 is 22.3 Å². The maximum absolute atomic E-state index is 12.3. The average Bonchev–Trinajstić information content (AvgIpc) is 2.96. The number of carboxylic acid groups (broad SMARTS) is 1. The molecular weight excluding hydrogens is 408 g/mol. The van der Waals surface area contributed by atoms with E-state index in [1.54, 1.807) is 12.1 Å². The van der Waals surface area contributed by atoms with Crippen LogP contribution in [0.25, 0.3) is 0 Å². The molecule has 3 rings (SSSR count). The van der Waals surface area contributed by atoms with Crippen LogP contribution in [0.3, 0.4) is 0 Å². The first-order valence-electron chi connectivity index (χ1n) is 9.53. The van der Waals surface area contributed by atoms with E-state index in [-0.39, 0.29) is 0 Å². The first-order valence-corrected chi connectivity index (χ1v) is 10.9. The molecule has 0 fully saturated rings. The Morgan fingerprint density at radius 2 is 1.83 bits per heavy atom. The molecule has 0 amide bonds. The number of carboxylic acids is 1. The normalized spacial score (nSPS) is 19.1. The van der Waals surface area contributed by atoms with Gasteiger partial charge in [0.1, 0.15) is 11.7 Å². The van der Waals surface area contributed by atoms with Crippen molar-refractivity contribution in [1.29, 1.82) is 0 Å². The maximum Gasteiger partial charge on any atom is 0.312 e. The molecule has 0 spiro atoms. The number of aryl methyl sites for hydroxylation is 1. The van der Waals surface area contributed by atoms with Gasteiger partial charge in [0.05, 0.1) is 18.0 Å². The summed E-state index contributed by atoms with van der Waals surface area (Å²) in [6.07, 6.45) is 0. The quantitative estimate of drug-likeness (QED) is 0.485. The van der Waals surface area contributed by atoms with Crippen molar-refractivity contribution in [3.8, 4) is 5.75 Å². The Balaban J connectivity index is 1.78. The third kappa shape index (κ3) is 4.93. The van der Waals surface area contributed by atoms with Crippen LogP contribution in [0, 0.1) is 18.3 Å². The number of thioether (sulfide) groups is 1. The number of aliphatic carboxylic acids is 1.